The molecule has 0 unspecified atom stereocenters. The molecular weight excluding hydrogens is 856 g/mol. The van der Waals surface area contributed by atoms with Gasteiger partial charge in [-0.1, -0.05) is 30.2 Å². The molecule has 2 aliphatic heterocycles. The highest BCUT2D eigenvalue weighted by molar-refractivity contribution is 5.80. The van der Waals surface area contributed by atoms with Gasteiger partial charge in [0.25, 0.3) is 5.56 Å². The SMILES string of the molecule is CC#CCn1c(N2CCC[C@@H](N)C2)nc2c1c(=O)n(Cc1nc(C)c3ccccc3n1)c(=O)n2C.COc1ccc(Cc2c(O[C@@H]3O[C@H](CO)[C@@H](O)[C@H](O)[C@H]3O)nn(C(C)C)c2C)c(F)c1. The van der Waals surface area contributed by atoms with E-state index in [1.54, 1.807) is 35.4 Å². The number of piperidine rings is 1. The van der Waals surface area contributed by atoms with E-state index in [9.17, 15) is 34.4 Å². The lowest BCUT2D eigenvalue weighted by Crippen LogP contribution is -2.60. The van der Waals surface area contributed by atoms with Crippen molar-refractivity contribution in [3.63, 3.8) is 0 Å². The average Bonchev–Trinajstić information content (AvgIpc) is 3.84. The van der Waals surface area contributed by atoms with E-state index in [2.05, 4.69) is 31.8 Å². The number of nitrogens with two attached hydrogens (primary N) is 1. The second kappa shape index (κ2) is 20.1. The minimum Gasteiger partial charge on any atom is -0.497 e. The third kappa shape index (κ3) is 9.54. The lowest BCUT2D eigenvalue weighted by Gasteiger charge is -2.39. The molecular formula is C46H57FN10O9. The number of hydrogen-bond acceptors (Lipinski definition) is 15. The zero-order chi connectivity index (χ0) is 47.6. The Balaban J connectivity index is 0.000000198. The van der Waals surface area contributed by atoms with Crippen molar-refractivity contribution in [2.75, 3.05) is 31.7 Å². The number of rotatable bonds is 11. The summed E-state index contributed by atoms with van der Waals surface area (Å²) in [7, 11) is 3.08. The predicted octanol–water partition coefficient (Wildman–Crippen LogP) is 1.84. The highest BCUT2D eigenvalue weighted by Crippen LogP contribution is 2.32. The number of aromatic nitrogens is 8. The smallest absolute Gasteiger partial charge is 0.332 e. The fourth-order valence-electron chi connectivity index (χ4n) is 8.34. The summed E-state index contributed by atoms with van der Waals surface area (Å²) in [5.41, 5.74) is 9.26. The molecule has 6 atom stereocenters. The van der Waals surface area contributed by atoms with Crippen LogP contribution in [0.5, 0.6) is 11.6 Å². The molecule has 8 rings (SSSR count). The molecule has 2 saturated heterocycles. The van der Waals surface area contributed by atoms with E-state index in [0.29, 0.717) is 46.4 Å². The van der Waals surface area contributed by atoms with Crippen LogP contribution < -0.4 is 31.4 Å². The molecule has 6 heterocycles. The topological polar surface area (TPSA) is 243 Å². The Hall–Kier alpha value is -6.21. The van der Waals surface area contributed by atoms with Gasteiger partial charge in [0.1, 0.15) is 41.8 Å². The van der Waals surface area contributed by atoms with Gasteiger partial charge in [-0.25, -0.2) is 19.2 Å². The van der Waals surface area contributed by atoms with E-state index < -0.39 is 54.4 Å². The predicted molar refractivity (Wildman–Crippen MR) is 243 cm³/mol. The fourth-order valence-corrected chi connectivity index (χ4v) is 8.34. The Morgan fingerprint density at radius 1 is 1.03 bits per heavy atom. The first-order valence-corrected chi connectivity index (χ1v) is 21.8. The van der Waals surface area contributed by atoms with Gasteiger partial charge in [0.15, 0.2) is 11.2 Å². The van der Waals surface area contributed by atoms with Crippen LogP contribution in [0.25, 0.3) is 22.1 Å². The fraction of sp³-hybridized carbons (Fsp3) is 0.478. The number of fused-ring (bicyclic) bond motifs is 2. The van der Waals surface area contributed by atoms with Crippen molar-refractivity contribution in [1.29, 1.82) is 0 Å². The van der Waals surface area contributed by atoms with Crippen molar-refractivity contribution >= 4 is 28.0 Å². The number of aryl methyl sites for hydroxylation is 2. The molecule has 0 radical (unpaired) electrons. The molecule has 0 spiro atoms. The number of aliphatic hydroxyl groups excluding tert-OH is 4. The maximum Gasteiger partial charge on any atom is 0.332 e. The largest absolute Gasteiger partial charge is 0.497 e. The average molecular weight is 913 g/mol. The monoisotopic (exact) mass is 912 g/mol. The van der Waals surface area contributed by atoms with Gasteiger partial charge in [0, 0.05) is 67.0 Å². The number of anilines is 1. The highest BCUT2D eigenvalue weighted by atomic mass is 19.1. The van der Waals surface area contributed by atoms with Crippen LogP contribution in [-0.2, 0) is 31.3 Å². The highest BCUT2D eigenvalue weighted by Gasteiger charge is 2.45. The quantitative estimate of drug-likeness (QED) is 0.117. The standard InChI is InChI=1S/C25H28N8O2.C21H29FN2O7/c1-4-5-13-32-21-22(29-24(32)31-12-8-9-17(26)14-31)30(3)25(35)33(23(21)34)15-20-27-16(2)18-10-6-7-11-19(18)28-20;1-10(2)24-11(3)14(7-12-5-6-13(29-4)8-15(12)22)20(23-24)31-21-19(28)18(27)17(26)16(9-25)30-21/h6-7,10-11,17H,8-9,12-15,26H2,1-3H3;5-6,8,10,16-19,21,25-28H,7,9H2,1-4H3/t17-;16-,17-,18+,19-,21+/m11/s1. The van der Waals surface area contributed by atoms with E-state index in [1.807, 2.05) is 52.0 Å². The van der Waals surface area contributed by atoms with Crippen LogP contribution in [0.2, 0.25) is 0 Å². The molecule has 0 saturated carbocycles. The van der Waals surface area contributed by atoms with Crippen molar-refractivity contribution in [3.8, 4) is 23.5 Å². The van der Waals surface area contributed by atoms with Crippen molar-refractivity contribution in [3.05, 3.63) is 97.5 Å². The first-order valence-electron chi connectivity index (χ1n) is 21.8. The Morgan fingerprint density at radius 2 is 1.79 bits per heavy atom. The molecule has 0 amide bonds. The minimum atomic E-state index is -1.58. The molecule has 0 bridgehead atoms. The lowest BCUT2D eigenvalue weighted by molar-refractivity contribution is -0.278. The number of hydrogen-bond donors (Lipinski definition) is 5. The summed E-state index contributed by atoms with van der Waals surface area (Å²) in [6.45, 7) is 10.4. The number of imidazole rings is 1. The normalized spacial score (nSPS) is 20.8. The lowest BCUT2D eigenvalue weighted by atomic mass is 9.99. The van der Waals surface area contributed by atoms with Gasteiger partial charge in [-0.15, -0.1) is 11.0 Å². The van der Waals surface area contributed by atoms with E-state index >= 15 is 0 Å². The van der Waals surface area contributed by atoms with Gasteiger partial charge in [0.2, 0.25) is 18.1 Å². The zero-order valence-corrected chi connectivity index (χ0v) is 38.1. The summed E-state index contributed by atoms with van der Waals surface area (Å²) < 4.78 is 36.9. The first kappa shape index (κ1) is 47.7. The number of benzene rings is 2. The van der Waals surface area contributed by atoms with Crippen molar-refractivity contribution in [2.45, 2.75) is 110 Å². The zero-order valence-electron chi connectivity index (χ0n) is 38.1. The number of aliphatic hydroxyl groups is 4. The van der Waals surface area contributed by atoms with Crippen LogP contribution in [-0.4, -0.2) is 122 Å². The third-order valence-corrected chi connectivity index (χ3v) is 11.9. The summed E-state index contributed by atoms with van der Waals surface area (Å²) in [6, 6.07) is 12.2. The Morgan fingerprint density at radius 3 is 2.47 bits per heavy atom. The third-order valence-electron chi connectivity index (χ3n) is 11.9. The molecule has 6 N–H and O–H groups in total. The van der Waals surface area contributed by atoms with E-state index in [0.717, 1.165) is 41.7 Å². The Bertz CT molecular complexity index is 2900. The van der Waals surface area contributed by atoms with Crippen molar-refractivity contribution in [2.24, 2.45) is 12.8 Å². The van der Waals surface area contributed by atoms with Crippen molar-refractivity contribution < 1.29 is 39.0 Å². The summed E-state index contributed by atoms with van der Waals surface area (Å²) >= 11 is 0. The molecule has 352 valence electrons. The Kier molecular flexibility index (Phi) is 14.6. The molecule has 4 aromatic heterocycles. The van der Waals surface area contributed by atoms with Crippen LogP contribution in [0.4, 0.5) is 10.3 Å². The minimum absolute atomic E-state index is 0.0217. The first-order chi connectivity index (χ1) is 31.6. The summed E-state index contributed by atoms with van der Waals surface area (Å²) in [5, 5.41) is 45.1. The van der Waals surface area contributed by atoms with Crippen LogP contribution in [0.15, 0.2) is 52.1 Å². The van der Waals surface area contributed by atoms with Gasteiger partial charge < -0.3 is 45.3 Å². The van der Waals surface area contributed by atoms with Gasteiger partial charge in [-0.3, -0.25) is 23.2 Å². The number of ether oxygens (including phenoxy) is 3. The number of nitrogens with zero attached hydrogens (tertiary/aromatic N) is 9. The molecule has 0 aliphatic carbocycles. The number of para-hydroxylation sites is 1. The van der Waals surface area contributed by atoms with Gasteiger partial charge in [0.05, 0.1) is 32.3 Å². The molecule has 6 aromatic rings. The summed E-state index contributed by atoms with van der Waals surface area (Å²) in [5.74, 6) is 7.01. The van der Waals surface area contributed by atoms with Crippen LogP contribution in [0, 0.1) is 31.5 Å². The summed E-state index contributed by atoms with van der Waals surface area (Å²) in [4.78, 5) is 43.0. The molecule has 19 nitrogen and oxygen atoms in total. The van der Waals surface area contributed by atoms with Gasteiger partial charge >= 0.3 is 5.69 Å². The van der Waals surface area contributed by atoms with Gasteiger partial charge in [-0.2, -0.15) is 4.98 Å². The maximum absolute atomic E-state index is 14.6. The molecule has 2 fully saturated rings. The van der Waals surface area contributed by atoms with Crippen LogP contribution in [0.3, 0.4) is 0 Å². The van der Waals surface area contributed by atoms with E-state index in [-0.39, 0.29) is 37.5 Å². The van der Waals surface area contributed by atoms with E-state index in [1.165, 1.54) is 22.3 Å². The van der Waals surface area contributed by atoms with Crippen LogP contribution >= 0.6 is 0 Å². The van der Waals surface area contributed by atoms with E-state index in [4.69, 9.17) is 24.9 Å². The van der Waals surface area contributed by atoms with Gasteiger partial charge in [-0.05, 0) is 65.2 Å². The number of methoxy groups -OCH3 is 1. The molecule has 2 aliphatic rings. The molecule has 20 heteroatoms. The Labute approximate surface area is 379 Å². The maximum atomic E-state index is 14.6. The van der Waals surface area contributed by atoms with Crippen LogP contribution in [0.1, 0.15) is 68.0 Å². The van der Waals surface area contributed by atoms with Crippen molar-refractivity contribution in [1.82, 2.24) is 38.4 Å². The second-order valence-corrected chi connectivity index (χ2v) is 16.8. The second-order valence-electron chi connectivity index (χ2n) is 16.8. The molecule has 2 aromatic carbocycles. The number of halogens is 1. The summed E-state index contributed by atoms with van der Waals surface area (Å²) in [6.07, 6.45) is -5.11. The molecule has 66 heavy (non-hydrogen) atoms.